The number of fused-ring (bicyclic) bond motifs is 1. The lowest BCUT2D eigenvalue weighted by Gasteiger charge is -2.42. The Hall–Kier alpha value is -3.88. The van der Waals surface area contributed by atoms with Gasteiger partial charge in [0.15, 0.2) is 5.82 Å². The van der Waals surface area contributed by atoms with Gasteiger partial charge in [-0.1, -0.05) is 0 Å². The summed E-state index contributed by atoms with van der Waals surface area (Å²) < 4.78 is 34.5. The molecule has 13 nitrogen and oxygen atoms in total. The van der Waals surface area contributed by atoms with Crippen LogP contribution in [0.4, 0.5) is 36.0 Å². The third kappa shape index (κ3) is 7.37. The molecule has 1 aliphatic carbocycles. The quantitative estimate of drug-likeness (QED) is 0.491. The molecule has 3 aliphatic rings. The van der Waals surface area contributed by atoms with Gasteiger partial charge in [0.2, 0.25) is 11.8 Å². The second-order valence-electron chi connectivity index (χ2n) is 9.84. The van der Waals surface area contributed by atoms with Crippen LogP contribution in [0.25, 0.3) is 0 Å². The zero-order valence-electron chi connectivity index (χ0n) is 22.0. The van der Waals surface area contributed by atoms with Crippen molar-refractivity contribution in [1.82, 2.24) is 29.7 Å². The molecule has 3 unspecified atom stereocenters. The van der Waals surface area contributed by atoms with Gasteiger partial charge in [-0.25, -0.2) is 33.3 Å². The van der Waals surface area contributed by atoms with E-state index in [1.54, 1.807) is 6.92 Å². The Morgan fingerprint density at radius 1 is 1.15 bits per heavy atom. The Morgan fingerprint density at radius 2 is 1.90 bits per heavy atom. The number of rotatable bonds is 6. The predicted molar refractivity (Wildman–Crippen MR) is 138 cm³/mol. The summed E-state index contributed by atoms with van der Waals surface area (Å²) >= 11 is 0. The van der Waals surface area contributed by atoms with Crippen molar-refractivity contribution in [2.24, 2.45) is 11.8 Å². The number of anilines is 3. The summed E-state index contributed by atoms with van der Waals surface area (Å²) in [4.78, 5) is 44.2. The van der Waals surface area contributed by atoms with Crippen molar-refractivity contribution in [2.45, 2.75) is 31.7 Å². The predicted octanol–water partition coefficient (Wildman–Crippen LogP) is 2.70. The Morgan fingerprint density at radius 3 is 2.49 bits per heavy atom. The molecule has 2 aromatic rings. The van der Waals surface area contributed by atoms with Crippen LogP contribution in [0, 0.1) is 11.8 Å². The Labute approximate surface area is 224 Å². The number of nitrogens with zero attached hydrogens (tertiary/aromatic N) is 7. The van der Waals surface area contributed by atoms with E-state index in [-0.39, 0.29) is 36.6 Å². The van der Waals surface area contributed by atoms with Crippen LogP contribution in [0.15, 0.2) is 24.7 Å². The summed E-state index contributed by atoms with van der Waals surface area (Å²) in [6, 6.07) is -0.950. The number of halogens is 2. The molecule has 3 amide bonds. The minimum absolute atomic E-state index is 0.0107. The minimum atomic E-state index is -3.16. The smallest absolute Gasteiger partial charge is 0.410 e. The van der Waals surface area contributed by atoms with Gasteiger partial charge in [-0.15, -0.1) is 0 Å². The van der Waals surface area contributed by atoms with E-state index in [2.05, 4.69) is 42.5 Å². The summed E-state index contributed by atoms with van der Waals surface area (Å²) in [7, 11) is 3.47. The fraction of sp³-hybridized carbons (Fsp3) is 0.583. The molecule has 3 N–H and O–H groups in total. The highest BCUT2D eigenvalue weighted by Gasteiger charge is 2.48. The van der Waals surface area contributed by atoms with Crippen molar-refractivity contribution in [3.05, 3.63) is 24.7 Å². The zero-order chi connectivity index (χ0) is 28.2. The minimum Gasteiger partial charge on any atom is -0.477 e. The molecule has 212 valence electrons. The van der Waals surface area contributed by atoms with Crippen LogP contribution >= 0.6 is 0 Å². The number of alkyl halides is 2. The maximum Gasteiger partial charge on any atom is 0.410 e. The first-order valence-corrected chi connectivity index (χ1v) is 12.7. The summed E-state index contributed by atoms with van der Waals surface area (Å²) in [5, 5.41) is 13.3. The largest absolute Gasteiger partial charge is 0.477 e. The summed E-state index contributed by atoms with van der Waals surface area (Å²) in [6.45, 7) is 4.61. The maximum atomic E-state index is 14.7. The fourth-order valence-corrected chi connectivity index (χ4v) is 4.73. The molecular weight excluding hydrogens is 516 g/mol. The normalized spacial score (nSPS) is 23.1. The van der Waals surface area contributed by atoms with Gasteiger partial charge in [-0.3, -0.25) is 10.6 Å². The Kier molecular flexibility index (Phi) is 8.57. The molecule has 3 atom stereocenters. The monoisotopic (exact) mass is 549 g/mol. The lowest BCUT2D eigenvalue weighted by Crippen LogP contribution is -2.60. The van der Waals surface area contributed by atoms with Gasteiger partial charge in [0, 0.05) is 45.8 Å². The van der Waals surface area contributed by atoms with Crippen molar-refractivity contribution < 1.29 is 28.2 Å². The molecule has 4 heterocycles. The number of nitrogens with one attached hydrogen (secondary N) is 2. The van der Waals surface area contributed by atoms with Crippen molar-refractivity contribution in [3.63, 3.8) is 0 Å². The molecule has 2 aromatic heterocycles. The number of carboxylic acid groups (broad SMARTS) is 1. The van der Waals surface area contributed by atoms with Gasteiger partial charge in [0.1, 0.15) is 11.9 Å². The third-order valence-corrected chi connectivity index (χ3v) is 6.86. The number of likely N-dealkylation sites (N-methyl/N-ethyl adjacent to an activating group) is 1. The number of carbonyl (C=O) groups is 2. The van der Waals surface area contributed by atoms with E-state index in [0.717, 1.165) is 16.7 Å². The van der Waals surface area contributed by atoms with Crippen LogP contribution < -0.4 is 20.3 Å². The number of hydrogen-bond donors (Lipinski definition) is 3. The molecule has 5 rings (SSSR count). The van der Waals surface area contributed by atoms with E-state index < -0.39 is 30.5 Å². The number of ether oxygens (including phenoxy) is 1. The van der Waals surface area contributed by atoms with Crippen molar-refractivity contribution in [2.75, 3.05) is 62.4 Å². The lowest BCUT2D eigenvalue weighted by molar-refractivity contribution is -0.0760. The van der Waals surface area contributed by atoms with E-state index in [9.17, 15) is 18.4 Å². The third-order valence-electron chi connectivity index (χ3n) is 6.86. The number of hydrogen-bond acceptors (Lipinski definition) is 9. The van der Waals surface area contributed by atoms with Gasteiger partial charge in [-0.05, 0) is 38.3 Å². The first kappa shape index (κ1) is 28.1. The standard InChI is InChI=1S/C18H22F2N8O4.C6H11N/c1-3-32-14-9-22-13(8-23-14)25-16(29)27(2)11-10-28(7-5-18(11,19)20)15-21-6-4-12(24-15)26-17(30)31;1-7-3-5-2-6(5)4-7/h4,6,8-9,11H,3,5,7,10H2,1-2H3,(H,30,31)(H,21,24,26)(H,22,25,29);5-6H,2-4H2,1H3. The van der Waals surface area contributed by atoms with Gasteiger partial charge in [0.05, 0.1) is 19.0 Å². The number of carbonyl (C=O) groups excluding carboxylic acids is 1. The van der Waals surface area contributed by atoms with E-state index in [4.69, 9.17) is 9.84 Å². The van der Waals surface area contributed by atoms with Gasteiger partial charge in [0.25, 0.3) is 5.92 Å². The second-order valence-corrected chi connectivity index (χ2v) is 9.84. The molecule has 0 spiro atoms. The molecule has 0 bridgehead atoms. The van der Waals surface area contributed by atoms with E-state index in [0.29, 0.717) is 6.61 Å². The number of urea groups is 1. The van der Waals surface area contributed by atoms with Crippen LogP contribution in [-0.2, 0) is 0 Å². The Balaban J connectivity index is 0.000000429. The van der Waals surface area contributed by atoms with Gasteiger partial charge < -0.3 is 24.5 Å². The summed E-state index contributed by atoms with van der Waals surface area (Å²) in [6.07, 6.45) is 3.56. The fourth-order valence-electron chi connectivity index (χ4n) is 4.73. The maximum absolute atomic E-state index is 14.7. The number of aromatic nitrogens is 4. The summed E-state index contributed by atoms with van der Waals surface area (Å²) in [5.74, 6) is -0.496. The first-order chi connectivity index (χ1) is 18.6. The highest BCUT2D eigenvalue weighted by Crippen LogP contribution is 2.44. The highest BCUT2D eigenvalue weighted by molar-refractivity contribution is 5.88. The Bertz CT molecular complexity index is 1150. The molecule has 2 aliphatic heterocycles. The van der Waals surface area contributed by atoms with Crippen LogP contribution in [-0.4, -0.2) is 106 Å². The van der Waals surface area contributed by atoms with E-state index in [1.165, 1.54) is 56.1 Å². The average Bonchev–Trinajstić information content (AvgIpc) is 3.50. The molecule has 1 saturated carbocycles. The first-order valence-electron chi connectivity index (χ1n) is 12.7. The topological polar surface area (TPSA) is 149 Å². The molecule has 39 heavy (non-hydrogen) atoms. The molecule has 15 heteroatoms. The van der Waals surface area contributed by atoms with Crippen LogP contribution in [0.5, 0.6) is 5.88 Å². The molecule has 0 aromatic carbocycles. The van der Waals surface area contributed by atoms with Crippen molar-refractivity contribution in [3.8, 4) is 5.88 Å². The van der Waals surface area contributed by atoms with Crippen molar-refractivity contribution >= 4 is 29.7 Å². The SMILES string of the molecule is CCOc1cnc(NC(=O)N(C)C2CN(c3nccc(NC(=O)O)n3)CCC2(F)F)cn1.CN1CC2CC2C1. The lowest BCUT2D eigenvalue weighted by atomic mass is 10.00. The average molecular weight is 550 g/mol. The molecular formula is C24H33F2N9O4. The highest BCUT2D eigenvalue weighted by atomic mass is 19.3. The van der Waals surface area contributed by atoms with Crippen LogP contribution in [0.3, 0.4) is 0 Å². The molecule has 0 radical (unpaired) electrons. The zero-order valence-corrected chi connectivity index (χ0v) is 22.0. The van der Waals surface area contributed by atoms with E-state index in [1.807, 2.05) is 0 Å². The molecule has 2 saturated heterocycles. The van der Waals surface area contributed by atoms with Crippen LogP contribution in [0.1, 0.15) is 19.8 Å². The number of piperidine rings is 2. The second kappa shape index (κ2) is 11.9. The number of amides is 3. The summed E-state index contributed by atoms with van der Waals surface area (Å²) in [5.41, 5.74) is 0. The van der Waals surface area contributed by atoms with Gasteiger partial charge in [-0.2, -0.15) is 4.98 Å². The van der Waals surface area contributed by atoms with Crippen molar-refractivity contribution in [1.29, 1.82) is 0 Å². The molecule has 3 fully saturated rings. The van der Waals surface area contributed by atoms with E-state index >= 15 is 0 Å². The van der Waals surface area contributed by atoms with Crippen LogP contribution in [0.2, 0.25) is 0 Å². The number of likely N-dealkylation sites (tertiary alicyclic amines) is 1. The van der Waals surface area contributed by atoms with Gasteiger partial charge >= 0.3 is 12.1 Å².